The molecule has 4 heterocycles. The molecule has 2 aliphatic heterocycles. The summed E-state index contributed by atoms with van der Waals surface area (Å²) >= 11 is 0. The van der Waals surface area contributed by atoms with E-state index in [1.165, 1.54) is 25.7 Å². The highest BCUT2D eigenvalue weighted by Gasteiger charge is 2.25. The van der Waals surface area contributed by atoms with Crippen LogP contribution in [0.3, 0.4) is 0 Å². The molecule has 2 unspecified atom stereocenters. The van der Waals surface area contributed by atoms with Crippen LogP contribution >= 0.6 is 0 Å². The summed E-state index contributed by atoms with van der Waals surface area (Å²) in [4.78, 5) is 35.3. The van der Waals surface area contributed by atoms with Gasteiger partial charge in [0, 0.05) is 62.8 Å². The second-order valence-electron chi connectivity index (χ2n) is 7.87. The lowest BCUT2D eigenvalue weighted by molar-refractivity contribution is -0.121. The molecule has 0 bridgehead atoms. The average molecular weight is 380 g/mol. The molecule has 2 aliphatic rings. The SMILES string of the molecule is CC(C(=O)C(C)c1cnc(N2CCCC2)nc1)c1cnc(N2CCCC2)nc1. The lowest BCUT2D eigenvalue weighted by Gasteiger charge is -2.19. The van der Waals surface area contributed by atoms with Crippen LogP contribution < -0.4 is 9.80 Å². The van der Waals surface area contributed by atoms with Gasteiger partial charge in [-0.15, -0.1) is 0 Å². The van der Waals surface area contributed by atoms with Gasteiger partial charge in [0.05, 0.1) is 0 Å². The van der Waals surface area contributed by atoms with Gasteiger partial charge in [-0.1, -0.05) is 13.8 Å². The second kappa shape index (κ2) is 8.20. The van der Waals surface area contributed by atoms with Crippen LogP contribution in [0.4, 0.5) is 11.9 Å². The molecule has 4 rings (SSSR count). The molecule has 0 aliphatic carbocycles. The molecular weight excluding hydrogens is 352 g/mol. The van der Waals surface area contributed by atoms with Gasteiger partial charge in [-0.3, -0.25) is 4.79 Å². The van der Waals surface area contributed by atoms with Gasteiger partial charge in [-0.25, -0.2) is 19.9 Å². The van der Waals surface area contributed by atoms with Gasteiger partial charge < -0.3 is 9.80 Å². The van der Waals surface area contributed by atoms with Crippen LogP contribution in [-0.2, 0) is 4.79 Å². The van der Waals surface area contributed by atoms with Gasteiger partial charge in [-0.2, -0.15) is 0 Å². The Hall–Kier alpha value is -2.57. The Balaban J connectivity index is 1.42. The Morgan fingerprint density at radius 1 is 0.714 bits per heavy atom. The minimum absolute atomic E-state index is 0.134. The number of Topliss-reactive ketones (excluding diaryl/α,β-unsaturated/α-hetero) is 1. The Bertz CT molecular complexity index is 727. The first-order chi connectivity index (χ1) is 13.6. The number of carbonyl (C=O) groups is 1. The van der Waals surface area contributed by atoms with Crippen molar-refractivity contribution >= 4 is 17.7 Å². The van der Waals surface area contributed by atoms with Gasteiger partial charge >= 0.3 is 0 Å². The van der Waals surface area contributed by atoms with Crippen LogP contribution in [-0.4, -0.2) is 51.9 Å². The van der Waals surface area contributed by atoms with Gasteiger partial charge in [-0.05, 0) is 36.8 Å². The molecule has 0 radical (unpaired) electrons. The van der Waals surface area contributed by atoms with E-state index in [9.17, 15) is 4.79 Å². The third kappa shape index (κ3) is 3.84. The van der Waals surface area contributed by atoms with Crippen molar-refractivity contribution in [1.82, 2.24) is 19.9 Å². The zero-order valence-electron chi connectivity index (χ0n) is 16.7. The Kier molecular flexibility index (Phi) is 5.50. The molecular formula is C21H28N6O. The lowest BCUT2D eigenvalue weighted by Crippen LogP contribution is -2.22. The van der Waals surface area contributed by atoms with E-state index < -0.39 is 0 Å². The first kappa shape index (κ1) is 18.8. The number of hydrogen-bond acceptors (Lipinski definition) is 7. The van der Waals surface area contributed by atoms with Crippen molar-refractivity contribution in [2.24, 2.45) is 0 Å². The van der Waals surface area contributed by atoms with Gasteiger partial charge in [0.2, 0.25) is 11.9 Å². The number of ketones is 1. The average Bonchev–Trinajstić information content (AvgIpc) is 3.47. The molecule has 0 N–H and O–H groups in total. The summed E-state index contributed by atoms with van der Waals surface area (Å²) < 4.78 is 0. The maximum atomic E-state index is 13.0. The molecule has 7 nitrogen and oxygen atoms in total. The molecule has 2 fully saturated rings. The van der Waals surface area contributed by atoms with E-state index in [1.807, 2.05) is 13.8 Å². The van der Waals surface area contributed by atoms with Crippen molar-refractivity contribution in [3.8, 4) is 0 Å². The van der Waals surface area contributed by atoms with E-state index in [-0.39, 0.29) is 17.6 Å². The zero-order chi connectivity index (χ0) is 19.5. The fraction of sp³-hybridized carbons (Fsp3) is 0.571. The van der Waals surface area contributed by atoms with Crippen molar-refractivity contribution in [2.75, 3.05) is 36.0 Å². The van der Waals surface area contributed by atoms with Crippen LogP contribution in [0.1, 0.15) is 62.5 Å². The largest absolute Gasteiger partial charge is 0.341 e. The monoisotopic (exact) mass is 380 g/mol. The quantitative estimate of drug-likeness (QED) is 0.763. The summed E-state index contributed by atoms with van der Waals surface area (Å²) in [7, 11) is 0. The summed E-state index contributed by atoms with van der Waals surface area (Å²) in [5.41, 5.74) is 1.71. The lowest BCUT2D eigenvalue weighted by atomic mass is 9.88. The van der Waals surface area contributed by atoms with E-state index in [0.717, 1.165) is 49.2 Å². The van der Waals surface area contributed by atoms with E-state index in [1.54, 1.807) is 24.8 Å². The van der Waals surface area contributed by atoms with E-state index in [2.05, 4.69) is 29.7 Å². The summed E-state index contributed by atoms with van der Waals surface area (Å²) in [5.74, 6) is 1.14. The van der Waals surface area contributed by atoms with E-state index in [4.69, 9.17) is 0 Å². The molecule has 7 heteroatoms. The third-order valence-corrected chi connectivity index (χ3v) is 5.95. The maximum absolute atomic E-state index is 13.0. The predicted octanol–water partition coefficient (Wildman–Crippen LogP) is 2.94. The molecule has 148 valence electrons. The summed E-state index contributed by atoms with van der Waals surface area (Å²) in [6.07, 6.45) is 11.9. The molecule has 2 saturated heterocycles. The normalized spacial score (nSPS) is 19.1. The zero-order valence-corrected chi connectivity index (χ0v) is 16.7. The highest BCUT2D eigenvalue weighted by Crippen LogP contribution is 2.26. The molecule has 2 aromatic rings. The van der Waals surface area contributed by atoms with Crippen LogP contribution in [0.15, 0.2) is 24.8 Å². The van der Waals surface area contributed by atoms with Crippen LogP contribution in [0.25, 0.3) is 0 Å². The fourth-order valence-electron chi connectivity index (χ4n) is 3.97. The summed E-state index contributed by atoms with van der Waals surface area (Å²) in [6, 6.07) is 0. The number of aromatic nitrogens is 4. The predicted molar refractivity (Wildman–Crippen MR) is 109 cm³/mol. The first-order valence-electron chi connectivity index (χ1n) is 10.3. The molecule has 2 aromatic heterocycles. The van der Waals surface area contributed by atoms with Gasteiger partial charge in [0.25, 0.3) is 0 Å². The second-order valence-corrected chi connectivity index (χ2v) is 7.87. The fourth-order valence-corrected chi connectivity index (χ4v) is 3.97. The molecule has 0 amide bonds. The van der Waals surface area contributed by atoms with Gasteiger partial charge in [0.15, 0.2) is 0 Å². The van der Waals surface area contributed by atoms with Crippen molar-refractivity contribution < 1.29 is 4.79 Å². The standard InChI is InChI=1S/C21H28N6O/c1-15(17-11-22-20(23-12-17)26-7-3-4-8-26)19(28)16(2)18-13-24-21(25-14-18)27-9-5-6-10-27/h11-16H,3-10H2,1-2H3. The molecule has 2 atom stereocenters. The number of hydrogen-bond donors (Lipinski definition) is 0. The third-order valence-electron chi connectivity index (χ3n) is 5.95. The van der Waals surface area contributed by atoms with Crippen molar-refractivity contribution in [3.05, 3.63) is 35.9 Å². The Labute approximate surface area is 166 Å². The van der Waals surface area contributed by atoms with Crippen molar-refractivity contribution in [3.63, 3.8) is 0 Å². The summed E-state index contributed by atoms with van der Waals surface area (Å²) in [6.45, 7) is 7.90. The van der Waals surface area contributed by atoms with Crippen LogP contribution in [0, 0.1) is 0 Å². The van der Waals surface area contributed by atoms with Crippen LogP contribution in [0.2, 0.25) is 0 Å². The Morgan fingerprint density at radius 3 is 1.36 bits per heavy atom. The molecule has 0 aromatic carbocycles. The number of rotatable bonds is 6. The van der Waals surface area contributed by atoms with E-state index >= 15 is 0 Å². The molecule has 28 heavy (non-hydrogen) atoms. The highest BCUT2D eigenvalue weighted by molar-refractivity contribution is 5.90. The number of carbonyl (C=O) groups excluding carboxylic acids is 1. The smallest absolute Gasteiger partial charge is 0.225 e. The van der Waals surface area contributed by atoms with Crippen molar-refractivity contribution in [2.45, 2.75) is 51.4 Å². The first-order valence-corrected chi connectivity index (χ1v) is 10.3. The minimum atomic E-state index is -0.263. The van der Waals surface area contributed by atoms with Gasteiger partial charge in [0.1, 0.15) is 5.78 Å². The molecule has 0 spiro atoms. The highest BCUT2D eigenvalue weighted by atomic mass is 16.1. The van der Waals surface area contributed by atoms with Crippen LogP contribution in [0.5, 0.6) is 0 Å². The van der Waals surface area contributed by atoms with Crippen molar-refractivity contribution in [1.29, 1.82) is 0 Å². The number of nitrogens with zero attached hydrogens (tertiary/aromatic N) is 6. The maximum Gasteiger partial charge on any atom is 0.225 e. The van der Waals surface area contributed by atoms with E-state index in [0.29, 0.717) is 0 Å². The number of anilines is 2. The topological polar surface area (TPSA) is 75.1 Å². The molecule has 0 saturated carbocycles. The summed E-state index contributed by atoms with van der Waals surface area (Å²) in [5, 5.41) is 0. The Morgan fingerprint density at radius 2 is 1.04 bits per heavy atom. The minimum Gasteiger partial charge on any atom is -0.341 e.